The molecule has 0 N–H and O–H groups in total. The summed E-state index contributed by atoms with van der Waals surface area (Å²) in [7, 11) is 0. The van der Waals surface area contributed by atoms with Crippen molar-refractivity contribution in [1.82, 2.24) is 24.8 Å². The monoisotopic (exact) mass is 324 g/mol. The maximum Gasteiger partial charge on any atom is 0.274 e. The highest BCUT2D eigenvalue weighted by molar-refractivity contribution is 5.92. The first kappa shape index (κ1) is 15.0. The molecule has 2 aromatic rings. The Balaban J connectivity index is 1.48. The van der Waals surface area contributed by atoms with E-state index in [2.05, 4.69) is 24.8 Å². The fourth-order valence-electron chi connectivity index (χ4n) is 3.85. The van der Waals surface area contributed by atoms with Crippen LogP contribution < -0.4 is 4.90 Å². The molecule has 4 rings (SSSR count). The van der Waals surface area contributed by atoms with Crippen LogP contribution in [0.5, 0.6) is 0 Å². The highest BCUT2D eigenvalue weighted by Gasteiger charge is 2.43. The molecule has 0 bridgehead atoms. The lowest BCUT2D eigenvalue weighted by atomic mass is 9.79. The number of amides is 1. The quantitative estimate of drug-likeness (QED) is 0.831. The number of anilines is 1. The van der Waals surface area contributed by atoms with E-state index in [0.717, 1.165) is 51.4 Å². The van der Waals surface area contributed by atoms with Crippen molar-refractivity contribution in [3.8, 4) is 0 Å². The highest BCUT2D eigenvalue weighted by atomic mass is 16.2. The summed E-state index contributed by atoms with van der Waals surface area (Å²) in [6.45, 7) is 3.41. The first-order valence-corrected chi connectivity index (χ1v) is 8.33. The Morgan fingerprint density at radius 3 is 2.67 bits per heavy atom. The maximum absolute atomic E-state index is 12.7. The first-order chi connectivity index (χ1) is 11.8. The van der Waals surface area contributed by atoms with Gasteiger partial charge in [0, 0.05) is 56.4 Å². The fraction of sp³-hybridized carbons (Fsp3) is 0.471. The summed E-state index contributed by atoms with van der Waals surface area (Å²) < 4.78 is 0. The lowest BCUT2D eigenvalue weighted by molar-refractivity contribution is 0.0550. The number of aromatic nitrogens is 4. The van der Waals surface area contributed by atoms with Crippen LogP contribution in [0.15, 0.2) is 37.1 Å². The van der Waals surface area contributed by atoms with E-state index in [1.54, 1.807) is 31.0 Å². The van der Waals surface area contributed by atoms with Crippen molar-refractivity contribution in [2.24, 2.45) is 5.41 Å². The molecule has 24 heavy (non-hydrogen) atoms. The summed E-state index contributed by atoms with van der Waals surface area (Å²) in [5.74, 6) is 0.767. The summed E-state index contributed by atoms with van der Waals surface area (Å²) in [6.07, 6.45) is 11.5. The molecule has 0 radical (unpaired) electrons. The van der Waals surface area contributed by atoms with Gasteiger partial charge in [0.2, 0.25) is 5.95 Å². The van der Waals surface area contributed by atoms with Crippen LogP contribution in [0.3, 0.4) is 0 Å². The van der Waals surface area contributed by atoms with Crippen LogP contribution in [-0.2, 0) is 0 Å². The van der Waals surface area contributed by atoms with Gasteiger partial charge >= 0.3 is 0 Å². The van der Waals surface area contributed by atoms with E-state index < -0.39 is 0 Å². The Labute approximate surface area is 140 Å². The largest absolute Gasteiger partial charge is 0.340 e. The van der Waals surface area contributed by atoms with E-state index in [1.165, 1.54) is 0 Å². The van der Waals surface area contributed by atoms with Gasteiger partial charge in [0.15, 0.2) is 0 Å². The predicted molar refractivity (Wildman–Crippen MR) is 88.5 cm³/mol. The van der Waals surface area contributed by atoms with E-state index in [4.69, 9.17) is 0 Å². The SMILES string of the molecule is O=C(c1cnccn1)N1CCC[C@@]2(CCN(c3ncccn3)C2)C1. The van der Waals surface area contributed by atoms with Crippen molar-refractivity contribution in [2.75, 3.05) is 31.1 Å². The van der Waals surface area contributed by atoms with Crippen molar-refractivity contribution in [1.29, 1.82) is 0 Å². The van der Waals surface area contributed by atoms with E-state index >= 15 is 0 Å². The third-order valence-electron chi connectivity index (χ3n) is 5.00. The molecule has 1 atom stereocenters. The fourth-order valence-corrected chi connectivity index (χ4v) is 3.85. The van der Waals surface area contributed by atoms with Crippen LogP contribution >= 0.6 is 0 Å². The molecular formula is C17H20N6O. The Kier molecular flexibility index (Phi) is 3.84. The normalized spacial score (nSPS) is 23.7. The van der Waals surface area contributed by atoms with Gasteiger partial charge in [-0.25, -0.2) is 15.0 Å². The molecule has 2 aliphatic rings. The number of hydrogen-bond donors (Lipinski definition) is 0. The van der Waals surface area contributed by atoms with Crippen LogP contribution in [-0.4, -0.2) is 56.9 Å². The third-order valence-corrected chi connectivity index (χ3v) is 5.00. The molecule has 7 heteroatoms. The molecule has 2 aromatic heterocycles. The molecule has 1 amide bonds. The lowest BCUT2D eigenvalue weighted by Crippen LogP contribution is -2.47. The van der Waals surface area contributed by atoms with E-state index in [0.29, 0.717) is 5.69 Å². The number of nitrogens with zero attached hydrogens (tertiary/aromatic N) is 6. The minimum absolute atomic E-state index is 0.0170. The maximum atomic E-state index is 12.7. The van der Waals surface area contributed by atoms with Gasteiger partial charge in [0.1, 0.15) is 5.69 Å². The molecule has 0 aromatic carbocycles. The van der Waals surface area contributed by atoms with Crippen LogP contribution in [0.2, 0.25) is 0 Å². The number of rotatable bonds is 2. The van der Waals surface area contributed by atoms with Crippen LogP contribution in [0.25, 0.3) is 0 Å². The van der Waals surface area contributed by atoms with Crippen molar-refractivity contribution in [3.63, 3.8) is 0 Å². The molecule has 4 heterocycles. The average molecular weight is 324 g/mol. The average Bonchev–Trinajstić information content (AvgIpc) is 3.06. The predicted octanol–water partition coefficient (Wildman–Crippen LogP) is 1.40. The van der Waals surface area contributed by atoms with Gasteiger partial charge in [-0.05, 0) is 25.3 Å². The zero-order chi connectivity index (χ0) is 16.4. The molecule has 0 aliphatic carbocycles. The summed E-state index contributed by atoms with van der Waals surface area (Å²) in [5, 5.41) is 0. The van der Waals surface area contributed by atoms with E-state index in [-0.39, 0.29) is 11.3 Å². The lowest BCUT2D eigenvalue weighted by Gasteiger charge is -2.40. The molecule has 1 spiro atoms. The molecular weight excluding hydrogens is 304 g/mol. The minimum Gasteiger partial charge on any atom is -0.340 e. The van der Waals surface area contributed by atoms with Gasteiger partial charge in [-0.1, -0.05) is 0 Å². The zero-order valence-electron chi connectivity index (χ0n) is 13.5. The number of carbonyl (C=O) groups is 1. The first-order valence-electron chi connectivity index (χ1n) is 8.33. The van der Waals surface area contributed by atoms with Gasteiger partial charge in [0.25, 0.3) is 5.91 Å². The Morgan fingerprint density at radius 2 is 1.88 bits per heavy atom. The molecule has 0 unspecified atom stereocenters. The molecule has 7 nitrogen and oxygen atoms in total. The Bertz CT molecular complexity index is 710. The third kappa shape index (κ3) is 2.81. The molecule has 124 valence electrons. The van der Waals surface area contributed by atoms with E-state index in [1.807, 2.05) is 11.0 Å². The van der Waals surface area contributed by atoms with Gasteiger partial charge in [-0.2, -0.15) is 0 Å². The number of likely N-dealkylation sites (tertiary alicyclic amines) is 1. The summed E-state index contributed by atoms with van der Waals surface area (Å²) in [6, 6.07) is 1.83. The van der Waals surface area contributed by atoms with Gasteiger partial charge in [-0.15, -0.1) is 0 Å². The smallest absolute Gasteiger partial charge is 0.274 e. The topological polar surface area (TPSA) is 75.1 Å². The van der Waals surface area contributed by atoms with E-state index in [9.17, 15) is 4.79 Å². The van der Waals surface area contributed by atoms with Crippen molar-refractivity contribution in [2.45, 2.75) is 19.3 Å². The van der Waals surface area contributed by atoms with Crippen LogP contribution in [0.4, 0.5) is 5.95 Å². The second-order valence-electron chi connectivity index (χ2n) is 6.64. The molecule has 2 saturated heterocycles. The summed E-state index contributed by atoms with van der Waals surface area (Å²) in [5.41, 5.74) is 0.561. The second kappa shape index (κ2) is 6.14. The van der Waals surface area contributed by atoms with Gasteiger partial charge in [-0.3, -0.25) is 9.78 Å². The molecule has 0 saturated carbocycles. The van der Waals surface area contributed by atoms with Crippen molar-refractivity contribution in [3.05, 3.63) is 42.7 Å². The summed E-state index contributed by atoms with van der Waals surface area (Å²) in [4.78, 5) is 33.7. The van der Waals surface area contributed by atoms with Gasteiger partial charge in [0.05, 0.1) is 6.20 Å². The van der Waals surface area contributed by atoms with Crippen LogP contribution in [0.1, 0.15) is 29.8 Å². The minimum atomic E-state index is -0.0170. The van der Waals surface area contributed by atoms with Crippen LogP contribution in [0, 0.1) is 5.41 Å². The Morgan fingerprint density at radius 1 is 1.00 bits per heavy atom. The highest BCUT2D eigenvalue weighted by Crippen LogP contribution is 2.40. The Hall–Kier alpha value is -2.57. The number of piperidine rings is 1. The number of hydrogen-bond acceptors (Lipinski definition) is 6. The summed E-state index contributed by atoms with van der Waals surface area (Å²) >= 11 is 0. The van der Waals surface area contributed by atoms with Gasteiger partial charge < -0.3 is 9.80 Å². The number of carbonyl (C=O) groups excluding carboxylic acids is 1. The molecule has 2 fully saturated rings. The van der Waals surface area contributed by atoms with Crippen molar-refractivity contribution >= 4 is 11.9 Å². The van der Waals surface area contributed by atoms with Crippen molar-refractivity contribution < 1.29 is 4.79 Å². The zero-order valence-corrected chi connectivity index (χ0v) is 13.5. The second-order valence-corrected chi connectivity index (χ2v) is 6.64. The standard InChI is InChI=1S/C17H20N6O/c24-15(14-11-18-7-8-19-14)22-9-1-3-17(12-22)4-10-23(13-17)16-20-5-2-6-21-16/h2,5-8,11H,1,3-4,9-10,12-13H2/t17-/m1/s1. The molecule has 2 aliphatic heterocycles.